The number of rotatable bonds is 4. The van der Waals surface area contributed by atoms with Crippen LogP contribution in [0.1, 0.15) is 44.2 Å². The van der Waals surface area contributed by atoms with Gasteiger partial charge >= 0.3 is 0 Å². The fraction of sp³-hybridized carbons (Fsp3) is 0.588. The molecule has 1 atom stereocenters. The fourth-order valence-corrected chi connectivity index (χ4v) is 2.80. The van der Waals surface area contributed by atoms with Crippen molar-refractivity contribution in [2.45, 2.75) is 51.7 Å². The Morgan fingerprint density at radius 2 is 2.00 bits per heavy atom. The number of likely N-dealkylation sites (tertiary alicyclic amines) is 1. The monoisotopic (exact) mass is 271 g/mol. The van der Waals surface area contributed by atoms with E-state index < -0.39 is 0 Å². The predicted octanol–water partition coefficient (Wildman–Crippen LogP) is 2.91. The molecule has 2 rings (SSSR count). The van der Waals surface area contributed by atoms with E-state index in [0.717, 1.165) is 12.1 Å². The van der Waals surface area contributed by atoms with Crippen LogP contribution in [0.4, 0.5) is 0 Å². The maximum absolute atomic E-state index is 8.79. The molecule has 1 aliphatic heterocycles. The molecule has 1 unspecified atom stereocenters. The summed E-state index contributed by atoms with van der Waals surface area (Å²) in [5.41, 5.74) is 1.99. The Morgan fingerprint density at radius 3 is 2.65 bits per heavy atom. The van der Waals surface area contributed by atoms with Crippen LogP contribution in [0.5, 0.6) is 0 Å². The molecule has 1 fully saturated rings. The Hall–Kier alpha value is -1.37. The summed E-state index contributed by atoms with van der Waals surface area (Å²) in [7, 11) is 0. The summed E-state index contributed by atoms with van der Waals surface area (Å²) in [6.07, 6.45) is 3.77. The molecular weight excluding hydrogens is 246 g/mol. The van der Waals surface area contributed by atoms with E-state index in [4.69, 9.17) is 5.26 Å². The van der Waals surface area contributed by atoms with Gasteiger partial charge in [-0.3, -0.25) is 0 Å². The molecule has 1 aromatic rings. The summed E-state index contributed by atoms with van der Waals surface area (Å²) in [6.45, 7) is 7.89. The standard InChI is InChI=1S/C17H25N3/c1-14(2)20-10-3-4-17(9-11-20)19-13-16-7-5-15(12-18)6-8-16/h5-8,14,17,19H,3-4,9-11,13H2,1-2H3. The second-order valence-electron chi connectivity index (χ2n) is 5.95. The number of hydrogen-bond donors (Lipinski definition) is 1. The maximum Gasteiger partial charge on any atom is 0.0991 e. The Balaban J connectivity index is 1.80. The zero-order valence-corrected chi connectivity index (χ0v) is 12.6. The molecule has 1 N–H and O–H groups in total. The highest BCUT2D eigenvalue weighted by Crippen LogP contribution is 2.14. The van der Waals surface area contributed by atoms with Crippen LogP contribution in [-0.4, -0.2) is 30.1 Å². The van der Waals surface area contributed by atoms with Crippen LogP contribution < -0.4 is 5.32 Å². The molecular formula is C17H25N3. The summed E-state index contributed by atoms with van der Waals surface area (Å²) in [6, 6.07) is 11.3. The van der Waals surface area contributed by atoms with Gasteiger partial charge in [-0.1, -0.05) is 12.1 Å². The lowest BCUT2D eigenvalue weighted by Crippen LogP contribution is -2.33. The van der Waals surface area contributed by atoms with Crippen LogP contribution in [-0.2, 0) is 6.54 Å². The highest BCUT2D eigenvalue weighted by Gasteiger charge is 2.17. The third kappa shape index (κ3) is 4.33. The molecule has 0 amide bonds. The molecule has 0 aromatic heterocycles. The van der Waals surface area contributed by atoms with Gasteiger partial charge in [-0.25, -0.2) is 0 Å². The van der Waals surface area contributed by atoms with Crippen molar-refractivity contribution in [1.29, 1.82) is 5.26 Å². The van der Waals surface area contributed by atoms with E-state index in [9.17, 15) is 0 Å². The summed E-state index contributed by atoms with van der Waals surface area (Å²) in [5, 5.41) is 12.5. The first-order valence-electron chi connectivity index (χ1n) is 7.65. The van der Waals surface area contributed by atoms with Crippen LogP contribution >= 0.6 is 0 Å². The van der Waals surface area contributed by atoms with Gasteiger partial charge < -0.3 is 10.2 Å². The van der Waals surface area contributed by atoms with Gasteiger partial charge in [0.25, 0.3) is 0 Å². The second-order valence-corrected chi connectivity index (χ2v) is 5.95. The Kier molecular flexibility index (Phi) is 5.58. The average molecular weight is 271 g/mol. The van der Waals surface area contributed by atoms with Crippen molar-refractivity contribution >= 4 is 0 Å². The van der Waals surface area contributed by atoms with Gasteiger partial charge in [0.2, 0.25) is 0 Å². The Morgan fingerprint density at radius 1 is 1.25 bits per heavy atom. The van der Waals surface area contributed by atoms with Gasteiger partial charge in [0.05, 0.1) is 11.6 Å². The van der Waals surface area contributed by atoms with Crippen LogP contribution in [0, 0.1) is 11.3 Å². The quantitative estimate of drug-likeness (QED) is 0.915. The van der Waals surface area contributed by atoms with Crippen molar-refractivity contribution in [3.8, 4) is 6.07 Å². The number of nitrogens with zero attached hydrogens (tertiary/aromatic N) is 2. The maximum atomic E-state index is 8.79. The number of nitriles is 1. The van der Waals surface area contributed by atoms with Gasteiger partial charge in [0.15, 0.2) is 0 Å². The van der Waals surface area contributed by atoms with E-state index in [0.29, 0.717) is 12.1 Å². The van der Waals surface area contributed by atoms with Crippen LogP contribution in [0.15, 0.2) is 24.3 Å². The zero-order valence-electron chi connectivity index (χ0n) is 12.6. The minimum Gasteiger partial charge on any atom is -0.310 e. The molecule has 1 saturated heterocycles. The lowest BCUT2D eigenvalue weighted by atomic mass is 10.1. The van der Waals surface area contributed by atoms with Crippen LogP contribution in [0.2, 0.25) is 0 Å². The lowest BCUT2D eigenvalue weighted by Gasteiger charge is -2.24. The number of benzene rings is 1. The Bertz CT molecular complexity index is 444. The third-order valence-corrected chi connectivity index (χ3v) is 4.17. The van der Waals surface area contributed by atoms with Gasteiger partial charge in [-0.05, 0) is 63.9 Å². The summed E-state index contributed by atoms with van der Waals surface area (Å²) >= 11 is 0. The van der Waals surface area contributed by atoms with E-state index in [1.54, 1.807) is 0 Å². The van der Waals surface area contributed by atoms with E-state index >= 15 is 0 Å². The molecule has 0 aliphatic carbocycles. The third-order valence-electron chi connectivity index (χ3n) is 4.17. The van der Waals surface area contributed by atoms with Gasteiger partial charge in [0, 0.05) is 18.6 Å². The largest absolute Gasteiger partial charge is 0.310 e. The van der Waals surface area contributed by atoms with Crippen molar-refractivity contribution < 1.29 is 0 Å². The summed E-state index contributed by atoms with van der Waals surface area (Å²) < 4.78 is 0. The van der Waals surface area contributed by atoms with Crippen molar-refractivity contribution in [3.63, 3.8) is 0 Å². The molecule has 3 heteroatoms. The highest BCUT2D eigenvalue weighted by molar-refractivity contribution is 5.31. The van der Waals surface area contributed by atoms with Gasteiger partial charge in [-0.15, -0.1) is 0 Å². The molecule has 1 aliphatic rings. The number of hydrogen-bond acceptors (Lipinski definition) is 3. The number of nitrogens with one attached hydrogen (secondary N) is 1. The molecule has 0 radical (unpaired) electrons. The van der Waals surface area contributed by atoms with E-state index in [2.05, 4.69) is 30.1 Å². The van der Waals surface area contributed by atoms with Crippen molar-refractivity contribution in [2.24, 2.45) is 0 Å². The molecule has 108 valence electrons. The second kappa shape index (κ2) is 7.42. The zero-order chi connectivity index (χ0) is 14.4. The minimum atomic E-state index is 0.620. The average Bonchev–Trinajstić information content (AvgIpc) is 2.71. The molecule has 1 heterocycles. The first-order chi connectivity index (χ1) is 9.69. The molecule has 0 saturated carbocycles. The molecule has 0 bridgehead atoms. The SMILES string of the molecule is CC(C)N1CCCC(NCc2ccc(C#N)cc2)CC1. The van der Waals surface area contributed by atoms with Gasteiger partial charge in [-0.2, -0.15) is 5.26 Å². The fourth-order valence-electron chi connectivity index (χ4n) is 2.80. The summed E-state index contributed by atoms with van der Waals surface area (Å²) in [4.78, 5) is 2.57. The topological polar surface area (TPSA) is 39.1 Å². The van der Waals surface area contributed by atoms with E-state index in [-0.39, 0.29) is 0 Å². The van der Waals surface area contributed by atoms with Crippen LogP contribution in [0.3, 0.4) is 0 Å². The highest BCUT2D eigenvalue weighted by atomic mass is 15.1. The molecule has 1 aromatic carbocycles. The van der Waals surface area contributed by atoms with Gasteiger partial charge in [0.1, 0.15) is 0 Å². The predicted molar refractivity (Wildman–Crippen MR) is 82.3 cm³/mol. The van der Waals surface area contributed by atoms with E-state index in [1.807, 2.05) is 24.3 Å². The van der Waals surface area contributed by atoms with Crippen LogP contribution in [0.25, 0.3) is 0 Å². The molecule has 20 heavy (non-hydrogen) atoms. The lowest BCUT2D eigenvalue weighted by molar-refractivity contribution is 0.229. The van der Waals surface area contributed by atoms with E-state index in [1.165, 1.54) is 37.9 Å². The molecule has 0 spiro atoms. The van der Waals surface area contributed by atoms with Crippen molar-refractivity contribution in [1.82, 2.24) is 10.2 Å². The first kappa shape index (κ1) is 15.0. The van der Waals surface area contributed by atoms with Crippen molar-refractivity contribution in [3.05, 3.63) is 35.4 Å². The minimum absolute atomic E-state index is 0.620. The molecule has 3 nitrogen and oxygen atoms in total. The Labute approximate surface area is 122 Å². The van der Waals surface area contributed by atoms with Crippen molar-refractivity contribution in [2.75, 3.05) is 13.1 Å². The first-order valence-corrected chi connectivity index (χ1v) is 7.65. The summed E-state index contributed by atoms with van der Waals surface area (Å²) in [5.74, 6) is 0. The normalized spacial score (nSPS) is 20.6. The smallest absolute Gasteiger partial charge is 0.0991 e.